The fraction of sp³-hybridized carbons (Fsp3) is 0.167. The smallest absolute Gasteiger partial charge is 0.226 e. The molecular formula is C12H11ClN6. The molecule has 0 radical (unpaired) electrons. The highest BCUT2D eigenvalue weighted by Crippen LogP contribution is 2.20. The van der Waals surface area contributed by atoms with Gasteiger partial charge >= 0.3 is 0 Å². The number of H-pyrrole nitrogens is 1. The van der Waals surface area contributed by atoms with Crippen LogP contribution < -0.4 is 5.32 Å². The molecule has 0 aromatic carbocycles. The number of halogens is 1. The number of anilines is 1. The Balaban J connectivity index is 1.90. The quantitative estimate of drug-likeness (QED) is 0.717. The number of aromatic nitrogens is 5. The fourth-order valence-corrected chi connectivity index (χ4v) is 1.97. The van der Waals surface area contributed by atoms with Gasteiger partial charge in [0.05, 0.1) is 11.6 Å². The molecule has 0 aliphatic carbocycles. The van der Waals surface area contributed by atoms with Gasteiger partial charge in [0.15, 0.2) is 5.65 Å². The molecular weight excluding hydrogens is 264 g/mol. The Hall–Kier alpha value is -2.21. The van der Waals surface area contributed by atoms with Crippen molar-refractivity contribution >= 4 is 28.5 Å². The van der Waals surface area contributed by atoms with Gasteiger partial charge in [-0.2, -0.15) is 15.1 Å². The summed E-state index contributed by atoms with van der Waals surface area (Å²) in [6.07, 6.45) is 5.27. The van der Waals surface area contributed by atoms with E-state index >= 15 is 0 Å². The number of hydrogen-bond acceptors (Lipinski definition) is 5. The lowest BCUT2D eigenvalue weighted by atomic mass is 10.1. The summed E-state index contributed by atoms with van der Waals surface area (Å²) in [6, 6.07) is 1.97. The standard InChI is InChI=1S/C12H11ClN6/c1-7-2-3-14-4-8(7)5-15-10-9-6-16-19-11(9)18-12(13)17-10/h2-4,6H,5H2,1H3,(H2,15,16,17,18,19). The first-order valence-corrected chi connectivity index (χ1v) is 6.12. The van der Waals surface area contributed by atoms with Gasteiger partial charge in [-0.15, -0.1) is 0 Å². The number of nitrogens with one attached hydrogen (secondary N) is 2. The lowest BCUT2D eigenvalue weighted by molar-refractivity contribution is 1.06. The van der Waals surface area contributed by atoms with Gasteiger partial charge in [0, 0.05) is 18.9 Å². The molecule has 96 valence electrons. The van der Waals surface area contributed by atoms with Crippen LogP contribution in [0.5, 0.6) is 0 Å². The number of aromatic amines is 1. The van der Waals surface area contributed by atoms with E-state index in [2.05, 4.69) is 30.5 Å². The summed E-state index contributed by atoms with van der Waals surface area (Å²) in [5.41, 5.74) is 2.89. The van der Waals surface area contributed by atoms with Crippen molar-refractivity contribution in [1.82, 2.24) is 25.1 Å². The third kappa shape index (κ3) is 2.34. The Morgan fingerprint density at radius 2 is 2.21 bits per heavy atom. The van der Waals surface area contributed by atoms with Crippen LogP contribution in [-0.2, 0) is 6.54 Å². The molecule has 0 fully saturated rings. The molecule has 7 heteroatoms. The van der Waals surface area contributed by atoms with E-state index in [0.29, 0.717) is 18.0 Å². The number of pyridine rings is 1. The van der Waals surface area contributed by atoms with Crippen LogP contribution in [0.25, 0.3) is 11.0 Å². The minimum absolute atomic E-state index is 0.183. The molecule has 0 aliphatic heterocycles. The zero-order valence-corrected chi connectivity index (χ0v) is 10.9. The molecule has 0 saturated carbocycles. The Morgan fingerprint density at radius 3 is 3.05 bits per heavy atom. The molecule has 0 amide bonds. The zero-order chi connectivity index (χ0) is 13.2. The first-order chi connectivity index (χ1) is 9.24. The molecule has 6 nitrogen and oxygen atoms in total. The first kappa shape index (κ1) is 11.9. The molecule has 3 rings (SSSR count). The molecule has 3 heterocycles. The normalized spacial score (nSPS) is 10.8. The second-order valence-electron chi connectivity index (χ2n) is 4.13. The van der Waals surface area contributed by atoms with E-state index in [1.54, 1.807) is 12.4 Å². The van der Waals surface area contributed by atoms with E-state index in [1.807, 2.05) is 19.2 Å². The van der Waals surface area contributed by atoms with Crippen LogP contribution in [-0.4, -0.2) is 25.1 Å². The van der Waals surface area contributed by atoms with Gasteiger partial charge in [0.2, 0.25) is 5.28 Å². The van der Waals surface area contributed by atoms with Gasteiger partial charge in [-0.25, -0.2) is 0 Å². The van der Waals surface area contributed by atoms with Crippen LogP contribution in [0.4, 0.5) is 5.82 Å². The van der Waals surface area contributed by atoms with Gasteiger partial charge in [-0.05, 0) is 35.7 Å². The number of hydrogen-bond donors (Lipinski definition) is 2. The number of rotatable bonds is 3. The predicted octanol–water partition coefficient (Wildman–Crippen LogP) is 2.32. The van der Waals surface area contributed by atoms with Gasteiger partial charge < -0.3 is 5.32 Å². The molecule has 0 unspecified atom stereocenters. The Labute approximate surface area is 114 Å². The third-order valence-corrected chi connectivity index (χ3v) is 3.05. The van der Waals surface area contributed by atoms with Crippen molar-refractivity contribution < 1.29 is 0 Å². The monoisotopic (exact) mass is 274 g/mol. The SMILES string of the molecule is Cc1ccncc1CNc1nc(Cl)nc2[nH]ncc12. The highest BCUT2D eigenvalue weighted by atomic mass is 35.5. The zero-order valence-electron chi connectivity index (χ0n) is 10.2. The lowest BCUT2D eigenvalue weighted by Gasteiger charge is -2.08. The number of aryl methyl sites for hydroxylation is 1. The average molecular weight is 275 g/mol. The summed E-state index contributed by atoms with van der Waals surface area (Å²) >= 11 is 5.87. The fourth-order valence-electron chi connectivity index (χ4n) is 1.80. The topological polar surface area (TPSA) is 79.4 Å². The number of nitrogens with zero attached hydrogens (tertiary/aromatic N) is 4. The minimum atomic E-state index is 0.183. The van der Waals surface area contributed by atoms with E-state index < -0.39 is 0 Å². The van der Waals surface area contributed by atoms with Crippen molar-refractivity contribution in [2.75, 3.05) is 5.32 Å². The minimum Gasteiger partial charge on any atom is -0.365 e. The second-order valence-corrected chi connectivity index (χ2v) is 4.47. The molecule has 2 N–H and O–H groups in total. The van der Waals surface area contributed by atoms with Gasteiger partial charge in [0.25, 0.3) is 0 Å². The number of fused-ring (bicyclic) bond motifs is 1. The van der Waals surface area contributed by atoms with Crippen LogP contribution in [0.3, 0.4) is 0 Å². The summed E-state index contributed by atoms with van der Waals surface area (Å²) in [4.78, 5) is 12.3. The van der Waals surface area contributed by atoms with Crippen molar-refractivity contribution in [2.24, 2.45) is 0 Å². The van der Waals surface area contributed by atoms with Crippen molar-refractivity contribution in [3.63, 3.8) is 0 Å². The molecule has 3 aromatic rings. The molecule has 19 heavy (non-hydrogen) atoms. The summed E-state index contributed by atoms with van der Waals surface area (Å²) in [7, 11) is 0. The van der Waals surface area contributed by atoms with Crippen LogP contribution in [0.2, 0.25) is 5.28 Å². The maximum atomic E-state index is 5.87. The lowest BCUT2D eigenvalue weighted by Crippen LogP contribution is -2.04. The Bertz CT molecular complexity index is 723. The van der Waals surface area contributed by atoms with Crippen molar-refractivity contribution in [1.29, 1.82) is 0 Å². The summed E-state index contributed by atoms with van der Waals surface area (Å²) in [5.74, 6) is 0.659. The highest BCUT2D eigenvalue weighted by Gasteiger charge is 2.08. The predicted molar refractivity (Wildman–Crippen MR) is 73.0 cm³/mol. The van der Waals surface area contributed by atoms with Crippen molar-refractivity contribution in [3.05, 3.63) is 41.1 Å². The van der Waals surface area contributed by atoms with Gasteiger partial charge in [-0.3, -0.25) is 10.1 Å². The van der Waals surface area contributed by atoms with E-state index in [9.17, 15) is 0 Å². The summed E-state index contributed by atoms with van der Waals surface area (Å²) in [6.45, 7) is 2.66. The Morgan fingerprint density at radius 1 is 1.32 bits per heavy atom. The van der Waals surface area contributed by atoms with Gasteiger partial charge in [-0.1, -0.05) is 0 Å². The summed E-state index contributed by atoms with van der Waals surface area (Å²) < 4.78 is 0. The van der Waals surface area contributed by atoms with Crippen LogP contribution in [0, 0.1) is 6.92 Å². The van der Waals surface area contributed by atoms with Crippen molar-refractivity contribution in [3.8, 4) is 0 Å². The maximum Gasteiger partial charge on any atom is 0.226 e. The van der Waals surface area contributed by atoms with Gasteiger partial charge in [0.1, 0.15) is 5.82 Å². The van der Waals surface area contributed by atoms with Crippen molar-refractivity contribution in [2.45, 2.75) is 13.5 Å². The second kappa shape index (κ2) is 4.81. The molecule has 0 spiro atoms. The van der Waals surface area contributed by atoms with E-state index in [4.69, 9.17) is 11.6 Å². The Kier molecular flexibility index (Phi) is 3.00. The van der Waals surface area contributed by atoms with E-state index in [-0.39, 0.29) is 5.28 Å². The molecule has 0 bridgehead atoms. The average Bonchev–Trinajstić information content (AvgIpc) is 2.85. The van der Waals surface area contributed by atoms with Crippen LogP contribution >= 0.6 is 11.6 Å². The van der Waals surface area contributed by atoms with Crippen LogP contribution in [0.15, 0.2) is 24.7 Å². The van der Waals surface area contributed by atoms with Crippen LogP contribution in [0.1, 0.15) is 11.1 Å². The largest absolute Gasteiger partial charge is 0.365 e. The molecule has 0 saturated heterocycles. The summed E-state index contributed by atoms with van der Waals surface area (Å²) in [5, 5.41) is 10.9. The molecule has 0 atom stereocenters. The van der Waals surface area contributed by atoms with E-state index in [1.165, 1.54) is 5.56 Å². The van der Waals surface area contributed by atoms with E-state index in [0.717, 1.165) is 10.9 Å². The highest BCUT2D eigenvalue weighted by molar-refractivity contribution is 6.28. The first-order valence-electron chi connectivity index (χ1n) is 5.74. The molecule has 3 aromatic heterocycles. The maximum absolute atomic E-state index is 5.87. The third-order valence-electron chi connectivity index (χ3n) is 2.88. The molecule has 0 aliphatic rings.